The highest BCUT2D eigenvalue weighted by Crippen LogP contribution is 2.66. The lowest BCUT2D eigenvalue weighted by Crippen LogP contribution is -2.69. The maximum Gasteiger partial charge on any atom is 0.229 e. The zero-order valence-corrected chi connectivity index (χ0v) is 16.9. The number of benzene rings is 1. The van der Waals surface area contributed by atoms with Crippen LogP contribution in [-0.2, 0) is 14.9 Å². The maximum atomic E-state index is 13.5. The lowest BCUT2D eigenvalue weighted by molar-refractivity contribution is -0.132. The Bertz CT molecular complexity index is 974. The first-order valence-electron chi connectivity index (χ1n) is 10.8. The zero-order valence-electron chi connectivity index (χ0n) is 16.9. The summed E-state index contributed by atoms with van der Waals surface area (Å²) >= 11 is 0. The van der Waals surface area contributed by atoms with Gasteiger partial charge in [0, 0.05) is 30.0 Å². The molecule has 1 spiro atoms. The van der Waals surface area contributed by atoms with Crippen molar-refractivity contribution >= 4 is 11.6 Å². The summed E-state index contributed by atoms with van der Waals surface area (Å²) in [6.07, 6.45) is 5.11. The van der Waals surface area contributed by atoms with E-state index in [2.05, 4.69) is 21.9 Å². The highest BCUT2D eigenvalue weighted by atomic mass is 16.5. The van der Waals surface area contributed by atoms with E-state index in [1.807, 2.05) is 6.07 Å². The number of amides is 1. The quantitative estimate of drug-likeness (QED) is 0.719. The van der Waals surface area contributed by atoms with Crippen LogP contribution in [-0.4, -0.2) is 62.9 Å². The number of hydrogen-bond acceptors (Lipinski definition) is 5. The van der Waals surface area contributed by atoms with Gasteiger partial charge in [0.15, 0.2) is 11.5 Å². The molecule has 2 bridgehead atoms. The molecule has 6 nitrogen and oxygen atoms in total. The number of piperidine rings is 2. The van der Waals surface area contributed by atoms with Crippen LogP contribution in [0.5, 0.6) is 11.5 Å². The lowest BCUT2D eigenvalue weighted by Gasteiger charge is -2.58. The van der Waals surface area contributed by atoms with Crippen LogP contribution in [0.25, 0.3) is 0 Å². The molecule has 0 radical (unpaired) electrons. The lowest BCUT2D eigenvalue weighted by atomic mass is 9.53. The Morgan fingerprint density at radius 2 is 2.03 bits per heavy atom. The van der Waals surface area contributed by atoms with Gasteiger partial charge >= 0.3 is 0 Å². The van der Waals surface area contributed by atoms with Gasteiger partial charge in [-0.25, -0.2) is 0 Å². The third-order valence-electron chi connectivity index (χ3n) is 8.81. The second-order valence-corrected chi connectivity index (χ2v) is 9.48. The van der Waals surface area contributed by atoms with Crippen molar-refractivity contribution in [2.24, 2.45) is 11.8 Å². The number of fused-ring (bicyclic) bond motifs is 2. The van der Waals surface area contributed by atoms with Crippen molar-refractivity contribution in [2.75, 3.05) is 38.8 Å². The predicted octanol–water partition coefficient (Wildman–Crippen LogP) is 2.11. The monoisotopic (exact) mass is 394 g/mol. The van der Waals surface area contributed by atoms with Crippen molar-refractivity contribution in [2.45, 2.75) is 42.9 Å². The van der Waals surface area contributed by atoms with E-state index in [4.69, 9.17) is 14.2 Å². The van der Waals surface area contributed by atoms with Crippen molar-refractivity contribution in [3.8, 4) is 11.5 Å². The van der Waals surface area contributed by atoms with Crippen molar-refractivity contribution in [3.63, 3.8) is 0 Å². The summed E-state index contributed by atoms with van der Waals surface area (Å²) in [5.74, 6) is 2.57. The second-order valence-electron chi connectivity index (χ2n) is 9.48. The minimum absolute atomic E-state index is 0.0242. The minimum atomic E-state index is -0.0242. The van der Waals surface area contributed by atoms with Gasteiger partial charge in [-0.15, -0.1) is 0 Å². The van der Waals surface area contributed by atoms with Gasteiger partial charge in [-0.2, -0.15) is 0 Å². The van der Waals surface area contributed by atoms with Gasteiger partial charge in [0.05, 0.1) is 45.1 Å². The fourth-order valence-corrected chi connectivity index (χ4v) is 7.87. The summed E-state index contributed by atoms with van der Waals surface area (Å²) in [4.78, 5) is 18.3. The van der Waals surface area contributed by atoms with E-state index >= 15 is 0 Å². The normalized spacial score (nSPS) is 41.0. The number of nitrogens with zero attached hydrogens (tertiary/aromatic N) is 2. The Kier molecular flexibility index (Phi) is 3.08. The van der Waals surface area contributed by atoms with Gasteiger partial charge in [0.2, 0.25) is 5.91 Å². The smallest absolute Gasteiger partial charge is 0.229 e. The maximum absolute atomic E-state index is 13.5. The Morgan fingerprint density at radius 3 is 2.86 bits per heavy atom. The third kappa shape index (κ3) is 1.76. The van der Waals surface area contributed by atoms with Gasteiger partial charge in [-0.3, -0.25) is 9.69 Å². The van der Waals surface area contributed by atoms with Crippen LogP contribution in [0.1, 0.15) is 24.8 Å². The largest absolute Gasteiger partial charge is 0.493 e. The Labute approximate surface area is 170 Å². The second kappa shape index (κ2) is 5.35. The molecule has 0 unspecified atom stereocenters. The van der Waals surface area contributed by atoms with Crippen LogP contribution >= 0.6 is 0 Å². The Morgan fingerprint density at radius 1 is 1.21 bits per heavy atom. The predicted molar refractivity (Wildman–Crippen MR) is 107 cm³/mol. The van der Waals surface area contributed by atoms with Crippen LogP contribution in [0.3, 0.4) is 0 Å². The molecule has 1 aliphatic carbocycles. The molecule has 1 amide bonds. The summed E-state index contributed by atoms with van der Waals surface area (Å²) in [6, 6.07) is 4.87. The fourth-order valence-electron chi connectivity index (χ4n) is 7.87. The molecule has 6 aliphatic rings. The van der Waals surface area contributed by atoms with Crippen LogP contribution in [0.4, 0.5) is 5.69 Å². The fraction of sp³-hybridized carbons (Fsp3) is 0.609. The van der Waals surface area contributed by atoms with E-state index in [-0.39, 0.29) is 23.5 Å². The van der Waals surface area contributed by atoms with Crippen LogP contribution in [0.15, 0.2) is 23.8 Å². The molecule has 5 aliphatic heterocycles. The Balaban J connectivity index is 1.52. The van der Waals surface area contributed by atoms with Crippen molar-refractivity contribution in [1.82, 2.24) is 4.90 Å². The standard InChI is InChI=1S/C23H26N2O4/c1-27-16-8-14-15(9-17(16)28-2)25-20(26)10-18-21-13-7-19-23(14,22(21)25)4-5-24(19)11-12(13)3-6-29-18/h3,8-9,13,18-19,21-22H,4-7,10-11H2,1-2H3/t13-,18-,19-,21+,22-,23+/m0/s1. The molecule has 1 aromatic carbocycles. The summed E-state index contributed by atoms with van der Waals surface area (Å²) < 4.78 is 17.6. The molecule has 152 valence electrons. The van der Waals surface area contributed by atoms with Crippen molar-refractivity contribution < 1.29 is 19.0 Å². The van der Waals surface area contributed by atoms with E-state index in [0.717, 1.165) is 30.9 Å². The molecular weight excluding hydrogens is 368 g/mol. The number of anilines is 1. The molecule has 0 aromatic heterocycles. The molecule has 3 saturated heterocycles. The number of hydrogen-bond donors (Lipinski definition) is 0. The number of methoxy groups -OCH3 is 2. The molecular formula is C23H26N2O4. The molecule has 0 N–H and O–H groups in total. The van der Waals surface area contributed by atoms with Gasteiger partial charge in [-0.1, -0.05) is 11.6 Å². The van der Waals surface area contributed by atoms with Crippen LogP contribution < -0.4 is 14.4 Å². The van der Waals surface area contributed by atoms with Gasteiger partial charge in [-0.05, 0) is 36.9 Å². The number of carbonyl (C=O) groups is 1. The summed E-state index contributed by atoms with van der Waals surface area (Å²) in [5, 5.41) is 0. The molecule has 6 heteroatoms. The van der Waals surface area contributed by atoms with E-state index in [1.165, 1.54) is 12.0 Å². The van der Waals surface area contributed by atoms with Gasteiger partial charge in [0.1, 0.15) is 0 Å². The van der Waals surface area contributed by atoms with E-state index < -0.39 is 0 Å². The average Bonchev–Trinajstić information content (AvgIpc) is 3.20. The topological polar surface area (TPSA) is 51.2 Å². The third-order valence-corrected chi connectivity index (χ3v) is 8.81. The summed E-state index contributed by atoms with van der Waals surface area (Å²) in [6.45, 7) is 2.80. The number of rotatable bonds is 2. The highest BCUT2D eigenvalue weighted by Gasteiger charge is 2.71. The first-order valence-corrected chi connectivity index (χ1v) is 10.8. The Hall–Kier alpha value is -2.05. The number of carbonyl (C=O) groups excluding carboxylic acids is 1. The summed E-state index contributed by atoms with van der Waals surface area (Å²) in [5.41, 5.74) is 3.85. The van der Waals surface area contributed by atoms with Crippen LogP contribution in [0.2, 0.25) is 0 Å². The first-order chi connectivity index (χ1) is 14.2. The molecule has 4 fully saturated rings. The molecule has 29 heavy (non-hydrogen) atoms. The SMILES string of the molecule is COc1cc2c(cc1OC)[C@@]13CCN4CC5=CCO[C@H]6CC(=O)N2[C@H]1[C@@H]6[C@H]5C[C@H]43. The first kappa shape index (κ1) is 16.7. The van der Waals surface area contributed by atoms with Crippen LogP contribution in [0, 0.1) is 11.8 Å². The molecule has 1 aromatic rings. The van der Waals surface area contributed by atoms with E-state index in [9.17, 15) is 4.79 Å². The van der Waals surface area contributed by atoms with E-state index in [0.29, 0.717) is 36.7 Å². The van der Waals surface area contributed by atoms with Crippen molar-refractivity contribution in [1.29, 1.82) is 0 Å². The van der Waals surface area contributed by atoms with E-state index in [1.54, 1.807) is 19.8 Å². The molecule has 6 atom stereocenters. The van der Waals surface area contributed by atoms with Gasteiger partial charge < -0.3 is 19.1 Å². The highest BCUT2D eigenvalue weighted by molar-refractivity contribution is 5.99. The molecule has 5 heterocycles. The minimum Gasteiger partial charge on any atom is -0.493 e. The van der Waals surface area contributed by atoms with Gasteiger partial charge in [0.25, 0.3) is 0 Å². The average molecular weight is 394 g/mol. The summed E-state index contributed by atoms with van der Waals surface area (Å²) in [7, 11) is 3.36. The molecule has 7 rings (SSSR count). The number of ether oxygens (including phenoxy) is 3. The zero-order chi connectivity index (χ0) is 19.5. The van der Waals surface area contributed by atoms with Crippen molar-refractivity contribution in [3.05, 3.63) is 29.3 Å². The molecule has 1 saturated carbocycles.